The zero-order valence-electron chi connectivity index (χ0n) is 13.5. The van der Waals surface area contributed by atoms with Crippen LogP contribution in [0.25, 0.3) is 21.7 Å². The molecule has 0 atom stereocenters. The smallest absolute Gasteiger partial charge is 0.260 e. The van der Waals surface area contributed by atoms with E-state index in [1.807, 2.05) is 18.2 Å². The van der Waals surface area contributed by atoms with E-state index < -0.39 is 5.41 Å². The van der Waals surface area contributed by atoms with E-state index in [2.05, 4.69) is 31.2 Å². The zero-order chi connectivity index (χ0) is 17.6. The first-order chi connectivity index (χ1) is 11.2. The van der Waals surface area contributed by atoms with Gasteiger partial charge in [0.2, 0.25) is 11.9 Å². The maximum absolute atomic E-state index is 12.6. The molecule has 0 unspecified atom stereocenters. The normalized spacial score (nSPS) is 11.8. The molecule has 0 fully saturated rings. The van der Waals surface area contributed by atoms with Crippen molar-refractivity contribution in [3.05, 3.63) is 39.1 Å². The third kappa shape index (κ3) is 2.75. The van der Waals surface area contributed by atoms with Gasteiger partial charge in [0, 0.05) is 15.3 Å². The Morgan fingerprint density at radius 3 is 2.54 bits per heavy atom. The summed E-state index contributed by atoms with van der Waals surface area (Å²) in [7, 11) is 0. The molecule has 0 aliphatic rings. The molecule has 3 aromatic rings. The van der Waals surface area contributed by atoms with E-state index in [1.54, 1.807) is 26.8 Å². The fraction of sp³-hybridized carbons (Fsp3) is 0.235. The number of nitrogens with zero attached hydrogens (tertiary/aromatic N) is 1. The van der Waals surface area contributed by atoms with Crippen molar-refractivity contribution in [2.45, 2.75) is 20.8 Å². The van der Waals surface area contributed by atoms with Crippen molar-refractivity contribution in [2.24, 2.45) is 5.41 Å². The fourth-order valence-electron chi connectivity index (χ4n) is 2.40. The van der Waals surface area contributed by atoms with Crippen molar-refractivity contribution in [1.82, 2.24) is 9.97 Å². The number of halogens is 1. The molecule has 4 N–H and O–H groups in total. The van der Waals surface area contributed by atoms with E-state index in [0.29, 0.717) is 26.4 Å². The maximum Gasteiger partial charge on any atom is 0.260 e. The molecule has 124 valence electrons. The molecule has 0 saturated heterocycles. The molecule has 24 heavy (non-hydrogen) atoms. The Morgan fingerprint density at radius 1 is 1.21 bits per heavy atom. The molecule has 3 rings (SSSR count). The van der Waals surface area contributed by atoms with Crippen LogP contribution in [0.3, 0.4) is 0 Å². The van der Waals surface area contributed by atoms with Crippen LogP contribution in [0.2, 0.25) is 0 Å². The molecule has 0 saturated carbocycles. The van der Waals surface area contributed by atoms with Gasteiger partial charge in [0.1, 0.15) is 0 Å². The van der Waals surface area contributed by atoms with Gasteiger partial charge in [-0.2, -0.15) is 0 Å². The number of hydrogen-bond donors (Lipinski definition) is 3. The summed E-state index contributed by atoms with van der Waals surface area (Å²) in [5, 5.41) is 4.54. The van der Waals surface area contributed by atoms with Crippen molar-refractivity contribution < 1.29 is 4.79 Å². The SMILES string of the molecule is CC(C)(C)C(=O)Nc1nc2ccc3ccc(Br)c(N)c3c2c(=O)[nH]1. The van der Waals surface area contributed by atoms with E-state index in [0.717, 1.165) is 5.39 Å². The standard InChI is InChI=1S/C17H17BrN4O2/c1-17(2,3)15(24)22-16-20-10-7-5-8-4-6-9(18)13(19)11(8)12(10)14(23)21-16/h4-7H,19H2,1-3H3,(H2,20,21,22,23,24). The number of carbonyl (C=O) groups is 1. The molecule has 0 bridgehead atoms. The molecular formula is C17H17BrN4O2. The predicted octanol–water partition coefficient (Wildman–Crippen LogP) is 3.41. The fourth-order valence-corrected chi connectivity index (χ4v) is 2.74. The van der Waals surface area contributed by atoms with Crippen LogP contribution < -0.4 is 16.6 Å². The molecule has 6 nitrogen and oxygen atoms in total. The summed E-state index contributed by atoms with van der Waals surface area (Å²) in [6.45, 7) is 5.35. The number of aromatic nitrogens is 2. The number of rotatable bonds is 1. The molecule has 0 radical (unpaired) electrons. The first-order valence-corrected chi connectivity index (χ1v) is 8.20. The van der Waals surface area contributed by atoms with Gasteiger partial charge < -0.3 is 5.73 Å². The number of aromatic amines is 1. The van der Waals surface area contributed by atoms with Crippen LogP contribution in [0.15, 0.2) is 33.5 Å². The van der Waals surface area contributed by atoms with Crippen LogP contribution in [-0.4, -0.2) is 15.9 Å². The number of H-pyrrole nitrogens is 1. The minimum atomic E-state index is -0.591. The molecule has 1 heterocycles. The van der Waals surface area contributed by atoms with Crippen LogP contribution in [0.1, 0.15) is 20.8 Å². The van der Waals surface area contributed by atoms with E-state index in [1.165, 1.54) is 0 Å². The monoisotopic (exact) mass is 388 g/mol. The number of nitrogen functional groups attached to an aromatic ring is 1. The van der Waals surface area contributed by atoms with E-state index >= 15 is 0 Å². The number of hydrogen-bond acceptors (Lipinski definition) is 4. The molecule has 1 amide bonds. The first-order valence-electron chi connectivity index (χ1n) is 7.40. The summed E-state index contributed by atoms with van der Waals surface area (Å²) in [6.07, 6.45) is 0. The Balaban J connectivity index is 2.24. The minimum Gasteiger partial charge on any atom is -0.397 e. The van der Waals surface area contributed by atoms with Crippen molar-refractivity contribution in [2.75, 3.05) is 11.1 Å². The van der Waals surface area contributed by atoms with Crippen LogP contribution in [-0.2, 0) is 4.79 Å². The lowest BCUT2D eigenvalue weighted by molar-refractivity contribution is -0.123. The van der Waals surface area contributed by atoms with Gasteiger partial charge in [0.15, 0.2) is 0 Å². The van der Waals surface area contributed by atoms with Crippen molar-refractivity contribution in [3.63, 3.8) is 0 Å². The molecule has 0 aliphatic heterocycles. The van der Waals surface area contributed by atoms with Crippen LogP contribution in [0.5, 0.6) is 0 Å². The van der Waals surface area contributed by atoms with Crippen LogP contribution in [0.4, 0.5) is 11.6 Å². The van der Waals surface area contributed by atoms with Gasteiger partial charge in [-0.05, 0) is 33.4 Å². The highest BCUT2D eigenvalue weighted by Crippen LogP contribution is 2.32. The highest BCUT2D eigenvalue weighted by Gasteiger charge is 2.22. The Bertz CT molecular complexity index is 1030. The largest absolute Gasteiger partial charge is 0.397 e. The second kappa shape index (κ2) is 5.59. The number of benzene rings is 2. The molecule has 1 aromatic heterocycles. The Morgan fingerprint density at radius 2 is 1.88 bits per heavy atom. The number of nitrogens with one attached hydrogen (secondary N) is 2. The quantitative estimate of drug-likeness (QED) is 0.439. The number of nitrogens with two attached hydrogens (primary N) is 1. The van der Waals surface area contributed by atoms with Gasteiger partial charge in [-0.3, -0.25) is 19.9 Å². The Hall–Kier alpha value is -2.41. The number of carbonyl (C=O) groups excluding carboxylic acids is 1. The lowest BCUT2D eigenvalue weighted by Gasteiger charge is -2.17. The number of anilines is 2. The first kappa shape index (κ1) is 16.4. The average Bonchev–Trinajstić information content (AvgIpc) is 2.49. The highest BCUT2D eigenvalue weighted by molar-refractivity contribution is 9.10. The summed E-state index contributed by atoms with van der Waals surface area (Å²) in [5.74, 6) is -0.103. The van der Waals surface area contributed by atoms with E-state index in [4.69, 9.17) is 5.73 Å². The third-order valence-electron chi connectivity index (χ3n) is 3.76. The van der Waals surface area contributed by atoms with E-state index in [-0.39, 0.29) is 17.4 Å². The average molecular weight is 389 g/mol. The molecule has 0 aliphatic carbocycles. The Labute approximate surface area is 146 Å². The second-order valence-electron chi connectivity index (χ2n) is 6.64. The molecule has 7 heteroatoms. The molecule has 2 aromatic carbocycles. The molecular weight excluding hydrogens is 372 g/mol. The van der Waals surface area contributed by atoms with Crippen LogP contribution in [0, 0.1) is 5.41 Å². The predicted molar refractivity (Wildman–Crippen MR) is 100 cm³/mol. The summed E-state index contributed by atoms with van der Waals surface area (Å²) < 4.78 is 0.715. The van der Waals surface area contributed by atoms with Gasteiger partial charge in [-0.15, -0.1) is 0 Å². The summed E-state index contributed by atoms with van der Waals surface area (Å²) in [6, 6.07) is 7.31. The van der Waals surface area contributed by atoms with Crippen molar-refractivity contribution in [1.29, 1.82) is 0 Å². The topological polar surface area (TPSA) is 101 Å². The second-order valence-corrected chi connectivity index (χ2v) is 7.49. The third-order valence-corrected chi connectivity index (χ3v) is 4.45. The zero-order valence-corrected chi connectivity index (χ0v) is 15.1. The van der Waals surface area contributed by atoms with Gasteiger partial charge in [0.25, 0.3) is 5.56 Å². The summed E-state index contributed by atoms with van der Waals surface area (Å²) in [5.41, 5.74) is 6.15. The van der Waals surface area contributed by atoms with Gasteiger partial charge in [-0.1, -0.05) is 32.9 Å². The van der Waals surface area contributed by atoms with Crippen LogP contribution >= 0.6 is 15.9 Å². The lowest BCUT2D eigenvalue weighted by Crippen LogP contribution is -2.29. The number of fused-ring (bicyclic) bond motifs is 3. The minimum absolute atomic E-state index is 0.125. The number of amides is 1. The maximum atomic E-state index is 12.6. The van der Waals surface area contributed by atoms with Gasteiger partial charge >= 0.3 is 0 Å². The lowest BCUT2D eigenvalue weighted by atomic mass is 9.96. The van der Waals surface area contributed by atoms with Gasteiger partial charge in [0.05, 0.1) is 16.6 Å². The van der Waals surface area contributed by atoms with Gasteiger partial charge in [-0.25, -0.2) is 4.98 Å². The van der Waals surface area contributed by atoms with E-state index in [9.17, 15) is 9.59 Å². The highest BCUT2D eigenvalue weighted by atomic mass is 79.9. The summed E-state index contributed by atoms with van der Waals surface area (Å²) >= 11 is 3.38. The van der Waals surface area contributed by atoms with Crippen molar-refractivity contribution >= 4 is 55.1 Å². The Kier molecular flexibility index (Phi) is 3.83. The summed E-state index contributed by atoms with van der Waals surface area (Å²) in [4.78, 5) is 31.7. The van der Waals surface area contributed by atoms with Crippen molar-refractivity contribution in [3.8, 4) is 0 Å². The molecule has 0 spiro atoms.